The third-order valence-corrected chi connectivity index (χ3v) is 5.31. The highest BCUT2D eigenvalue weighted by Gasteiger charge is 2.33. The van der Waals surface area contributed by atoms with Crippen LogP contribution in [0.5, 0.6) is 5.75 Å². The maximum absolute atomic E-state index is 12.9. The maximum atomic E-state index is 12.9. The highest BCUT2D eigenvalue weighted by Crippen LogP contribution is 2.34. The summed E-state index contributed by atoms with van der Waals surface area (Å²) in [6.45, 7) is 0.503. The number of rotatable bonds is 5. The summed E-state index contributed by atoms with van der Waals surface area (Å²) in [6.07, 6.45) is 3.84. The highest BCUT2D eigenvalue weighted by atomic mass is 19.4. The molecule has 0 spiro atoms. The number of pyridine rings is 1. The Morgan fingerprint density at radius 3 is 2.73 bits per heavy atom. The van der Waals surface area contributed by atoms with Crippen molar-refractivity contribution in [2.45, 2.75) is 31.9 Å². The van der Waals surface area contributed by atoms with E-state index >= 15 is 0 Å². The lowest BCUT2D eigenvalue weighted by molar-refractivity contribution is -0.140. The fourth-order valence-corrected chi connectivity index (χ4v) is 3.62. The van der Waals surface area contributed by atoms with Crippen LogP contribution in [0.2, 0.25) is 0 Å². The van der Waals surface area contributed by atoms with Crippen LogP contribution in [0.1, 0.15) is 36.9 Å². The average molecular weight is 454 g/mol. The molecule has 0 unspecified atom stereocenters. The molecule has 9 heteroatoms. The van der Waals surface area contributed by atoms with E-state index < -0.39 is 17.8 Å². The van der Waals surface area contributed by atoms with Gasteiger partial charge in [-0.25, -0.2) is 4.98 Å². The molecule has 0 atom stereocenters. The lowest BCUT2D eigenvalue weighted by atomic mass is 10.1. The standard InChI is InChI=1S/C24H21F3N4O2/c25-24(26,27)21-14-29-23(31-21)18-8-9-20(33-15-17-4-1-2-5-17)19(12-18)30-22(32)10-7-16-6-3-11-28-13-16/h3,6,8-9,11-14,17H,1-2,4-5,15H2,(H,29,31)(H,30,32). The van der Waals surface area contributed by atoms with Crippen LogP contribution >= 0.6 is 0 Å². The Balaban J connectivity index is 1.57. The number of carbonyl (C=O) groups excluding carboxylic acids is 1. The molecular weight excluding hydrogens is 433 g/mol. The Hall–Kier alpha value is -3.80. The molecule has 0 aliphatic heterocycles. The van der Waals surface area contributed by atoms with Crippen LogP contribution in [0.25, 0.3) is 11.4 Å². The van der Waals surface area contributed by atoms with Crippen LogP contribution in [0, 0.1) is 17.8 Å². The predicted molar refractivity (Wildman–Crippen MR) is 116 cm³/mol. The lowest BCUT2D eigenvalue weighted by Gasteiger charge is -2.15. The fourth-order valence-electron chi connectivity index (χ4n) is 3.62. The van der Waals surface area contributed by atoms with Crippen LogP contribution in [-0.4, -0.2) is 27.5 Å². The number of anilines is 1. The van der Waals surface area contributed by atoms with Gasteiger partial charge in [0.1, 0.15) is 17.3 Å². The van der Waals surface area contributed by atoms with Gasteiger partial charge in [0.05, 0.1) is 18.5 Å². The fraction of sp³-hybridized carbons (Fsp3) is 0.292. The summed E-state index contributed by atoms with van der Waals surface area (Å²) >= 11 is 0. The predicted octanol–water partition coefficient (Wildman–Crippen LogP) is 5.05. The van der Waals surface area contributed by atoms with E-state index in [1.54, 1.807) is 30.5 Å². The number of alkyl halides is 3. The Bertz CT molecular complexity index is 1170. The maximum Gasteiger partial charge on any atom is 0.432 e. The zero-order valence-corrected chi connectivity index (χ0v) is 17.6. The number of aromatic amines is 1. The molecule has 1 fully saturated rings. The molecule has 0 radical (unpaired) electrons. The van der Waals surface area contributed by atoms with E-state index in [-0.39, 0.29) is 5.82 Å². The summed E-state index contributed by atoms with van der Waals surface area (Å²) in [4.78, 5) is 22.5. The van der Waals surface area contributed by atoms with E-state index in [2.05, 4.69) is 32.1 Å². The zero-order chi connectivity index (χ0) is 23.3. The van der Waals surface area contributed by atoms with Gasteiger partial charge in [0, 0.05) is 29.4 Å². The number of carbonyl (C=O) groups is 1. The van der Waals surface area contributed by atoms with Gasteiger partial charge in [-0.15, -0.1) is 0 Å². The van der Waals surface area contributed by atoms with Crippen LogP contribution in [0.3, 0.4) is 0 Å². The molecule has 2 N–H and O–H groups in total. The average Bonchev–Trinajstić information content (AvgIpc) is 3.50. The van der Waals surface area contributed by atoms with Gasteiger partial charge in [0.25, 0.3) is 0 Å². The largest absolute Gasteiger partial charge is 0.491 e. The normalized spacial score (nSPS) is 13.9. The van der Waals surface area contributed by atoms with Crippen LogP contribution in [0.15, 0.2) is 48.9 Å². The smallest absolute Gasteiger partial charge is 0.432 e. The van der Waals surface area contributed by atoms with E-state index in [9.17, 15) is 18.0 Å². The van der Waals surface area contributed by atoms with Crippen molar-refractivity contribution in [1.82, 2.24) is 15.0 Å². The molecule has 0 bridgehead atoms. The van der Waals surface area contributed by atoms with Crippen molar-refractivity contribution in [2.75, 3.05) is 11.9 Å². The van der Waals surface area contributed by atoms with Crippen molar-refractivity contribution in [3.05, 3.63) is 60.2 Å². The van der Waals surface area contributed by atoms with Crippen LogP contribution in [0.4, 0.5) is 18.9 Å². The van der Waals surface area contributed by atoms with E-state index in [1.807, 2.05) is 0 Å². The molecule has 2 aromatic heterocycles. The van der Waals surface area contributed by atoms with Crippen LogP contribution < -0.4 is 10.1 Å². The summed E-state index contributed by atoms with van der Waals surface area (Å²) in [7, 11) is 0. The molecule has 1 aliphatic rings. The first-order valence-electron chi connectivity index (χ1n) is 10.5. The van der Waals surface area contributed by atoms with Gasteiger partial charge in [-0.1, -0.05) is 18.8 Å². The molecule has 170 valence electrons. The van der Waals surface area contributed by atoms with Crippen molar-refractivity contribution >= 4 is 11.6 Å². The van der Waals surface area contributed by atoms with E-state index in [0.717, 1.165) is 19.0 Å². The number of halogens is 3. The molecule has 4 rings (SSSR count). The third-order valence-electron chi connectivity index (χ3n) is 5.31. The molecule has 1 aliphatic carbocycles. The number of imidazole rings is 1. The molecule has 1 aromatic carbocycles. The number of H-pyrrole nitrogens is 1. The highest BCUT2D eigenvalue weighted by molar-refractivity contribution is 6.05. The van der Waals surface area contributed by atoms with Gasteiger partial charge in [-0.3, -0.25) is 9.78 Å². The number of aromatic nitrogens is 3. The van der Waals surface area contributed by atoms with Crippen molar-refractivity contribution < 1.29 is 22.7 Å². The molecule has 6 nitrogen and oxygen atoms in total. The van der Waals surface area contributed by atoms with E-state index in [0.29, 0.717) is 35.1 Å². The molecular formula is C24H21F3N4O2. The number of hydrogen-bond donors (Lipinski definition) is 2. The Morgan fingerprint density at radius 1 is 1.21 bits per heavy atom. The van der Waals surface area contributed by atoms with Crippen LogP contribution in [-0.2, 0) is 11.0 Å². The summed E-state index contributed by atoms with van der Waals surface area (Å²) < 4.78 is 44.8. The van der Waals surface area contributed by atoms with Gasteiger partial charge < -0.3 is 15.0 Å². The van der Waals surface area contributed by atoms with Gasteiger partial charge in [0.15, 0.2) is 0 Å². The molecule has 1 saturated carbocycles. The SMILES string of the molecule is O=C(C#Cc1cccnc1)Nc1cc(-c2ncc(C(F)(F)F)[nH]2)ccc1OCC1CCCC1. The van der Waals surface area contributed by atoms with Gasteiger partial charge in [-0.2, -0.15) is 13.2 Å². The molecule has 3 aromatic rings. The second kappa shape index (κ2) is 9.77. The number of nitrogens with one attached hydrogen (secondary N) is 2. The second-order valence-corrected chi connectivity index (χ2v) is 7.76. The summed E-state index contributed by atoms with van der Waals surface area (Å²) in [5.41, 5.74) is 0.302. The van der Waals surface area contributed by atoms with Crippen molar-refractivity contribution in [2.24, 2.45) is 5.92 Å². The number of amides is 1. The summed E-state index contributed by atoms with van der Waals surface area (Å²) in [6, 6.07) is 8.16. The molecule has 33 heavy (non-hydrogen) atoms. The molecule has 2 heterocycles. The quantitative estimate of drug-likeness (QED) is 0.529. The number of hydrogen-bond acceptors (Lipinski definition) is 4. The topological polar surface area (TPSA) is 79.9 Å². The third kappa shape index (κ3) is 5.92. The zero-order valence-electron chi connectivity index (χ0n) is 17.6. The number of ether oxygens (including phenoxy) is 1. The Labute approximate surface area is 188 Å². The first kappa shape index (κ1) is 22.4. The first-order valence-corrected chi connectivity index (χ1v) is 10.5. The van der Waals surface area contributed by atoms with Crippen molar-refractivity contribution in [3.63, 3.8) is 0 Å². The monoisotopic (exact) mass is 454 g/mol. The van der Waals surface area contributed by atoms with E-state index in [4.69, 9.17) is 4.74 Å². The molecule has 1 amide bonds. The van der Waals surface area contributed by atoms with Crippen molar-refractivity contribution in [3.8, 4) is 29.0 Å². The minimum absolute atomic E-state index is 0.0293. The van der Waals surface area contributed by atoms with Gasteiger partial charge in [-0.05, 0) is 49.1 Å². The number of benzene rings is 1. The van der Waals surface area contributed by atoms with Gasteiger partial charge in [0.2, 0.25) is 0 Å². The minimum Gasteiger partial charge on any atom is -0.491 e. The summed E-state index contributed by atoms with van der Waals surface area (Å²) in [5, 5.41) is 2.68. The van der Waals surface area contributed by atoms with Crippen molar-refractivity contribution in [1.29, 1.82) is 0 Å². The molecule has 0 saturated heterocycles. The Morgan fingerprint density at radius 2 is 2.03 bits per heavy atom. The Kier molecular flexibility index (Phi) is 6.63. The first-order chi connectivity index (χ1) is 15.9. The number of nitrogens with zero attached hydrogens (tertiary/aromatic N) is 2. The minimum atomic E-state index is -4.53. The van der Waals surface area contributed by atoms with Gasteiger partial charge >= 0.3 is 12.1 Å². The second-order valence-electron chi connectivity index (χ2n) is 7.76. The van der Waals surface area contributed by atoms with E-state index in [1.165, 1.54) is 25.1 Å². The summed E-state index contributed by atoms with van der Waals surface area (Å²) in [5.74, 6) is 5.51. The lowest BCUT2D eigenvalue weighted by Crippen LogP contribution is -2.13.